The van der Waals surface area contributed by atoms with Gasteiger partial charge in [-0.1, -0.05) is 68.3 Å². The van der Waals surface area contributed by atoms with Gasteiger partial charge in [0.05, 0.1) is 12.0 Å². The molecule has 0 spiro atoms. The van der Waals surface area contributed by atoms with Crippen molar-refractivity contribution in [2.24, 2.45) is 0 Å². The van der Waals surface area contributed by atoms with Gasteiger partial charge in [-0.2, -0.15) is 0 Å². The fourth-order valence-corrected chi connectivity index (χ4v) is 5.17. The Labute approximate surface area is 193 Å². The maximum atomic E-state index is 12.9. The van der Waals surface area contributed by atoms with Gasteiger partial charge < -0.3 is 20.5 Å². The summed E-state index contributed by atoms with van der Waals surface area (Å²) in [5.74, 6) is -1.36. The maximum absolute atomic E-state index is 12.9. The zero-order valence-electron chi connectivity index (χ0n) is 18.8. The third-order valence-electron chi connectivity index (χ3n) is 6.80. The lowest BCUT2D eigenvalue weighted by atomic mass is 9.92. The van der Waals surface area contributed by atoms with Crippen LogP contribution < -0.4 is 10.6 Å². The number of aliphatic carboxylic acids is 1. The molecule has 7 nitrogen and oxygen atoms in total. The highest BCUT2D eigenvalue weighted by Gasteiger charge is 2.39. The molecule has 1 fully saturated rings. The Morgan fingerprint density at radius 1 is 1.03 bits per heavy atom. The molecule has 4 rings (SSSR count). The monoisotopic (exact) mass is 450 g/mol. The van der Waals surface area contributed by atoms with Crippen molar-refractivity contribution >= 4 is 18.0 Å². The molecular weight excluding hydrogens is 420 g/mol. The molecular formula is C26H30N2O5. The predicted octanol–water partition coefficient (Wildman–Crippen LogP) is 4.21. The second-order valence-electron chi connectivity index (χ2n) is 8.98. The quantitative estimate of drug-likeness (QED) is 0.559. The third-order valence-corrected chi connectivity index (χ3v) is 6.80. The minimum absolute atomic E-state index is 0.0608. The normalized spacial score (nSPS) is 17.0. The lowest BCUT2D eigenvalue weighted by molar-refractivity contribution is -0.139. The molecule has 2 aromatic rings. The number of ether oxygens (including phenoxy) is 1. The fraction of sp³-hybridized carbons (Fsp3) is 0.423. The van der Waals surface area contributed by atoms with Crippen molar-refractivity contribution in [3.8, 4) is 11.1 Å². The summed E-state index contributed by atoms with van der Waals surface area (Å²) in [6, 6.07) is 15.4. The predicted molar refractivity (Wildman–Crippen MR) is 124 cm³/mol. The van der Waals surface area contributed by atoms with Gasteiger partial charge in [-0.15, -0.1) is 0 Å². The molecule has 3 N–H and O–H groups in total. The fourth-order valence-electron chi connectivity index (χ4n) is 5.17. The van der Waals surface area contributed by atoms with E-state index in [1.165, 1.54) is 0 Å². The van der Waals surface area contributed by atoms with Crippen molar-refractivity contribution in [1.82, 2.24) is 10.6 Å². The number of amides is 2. The summed E-state index contributed by atoms with van der Waals surface area (Å²) in [6.07, 6.45) is 2.63. The van der Waals surface area contributed by atoms with Gasteiger partial charge >= 0.3 is 12.1 Å². The Morgan fingerprint density at radius 3 is 2.15 bits per heavy atom. The molecule has 1 saturated carbocycles. The molecule has 2 amide bonds. The van der Waals surface area contributed by atoms with E-state index in [0.717, 1.165) is 35.1 Å². The van der Waals surface area contributed by atoms with Crippen molar-refractivity contribution in [2.45, 2.75) is 62.9 Å². The van der Waals surface area contributed by atoms with Gasteiger partial charge in [0.15, 0.2) is 0 Å². The minimum Gasteiger partial charge on any atom is -0.481 e. The highest BCUT2D eigenvalue weighted by molar-refractivity contribution is 5.87. The van der Waals surface area contributed by atoms with Crippen LogP contribution in [0.15, 0.2) is 48.5 Å². The molecule has 1 atom stereocenters. The molecule has 174 valence electrons. The minimum atomic E-state index is -0.935. The maximum Gasteiger partial charge on any atom is 0.407 e. The molecule has 0 aromatic heterocycles. The topological polar surface area (TPSA) is 105 Å². The lowest BCUT2D eigenvalue weighted by Gasteiger charge is -2.30. The number of carboxylic acids is 1. The van der Waals surface area contributed by atoms with Gasteiger partial charge in [-0.25, -0.2) is 4.79 Å². The van der Waals surface area contributed by atoms with Crippen molar-refractivity contribution in [3.05, 3.63) is 59.7 Å². The second-order valence-corrected chi connectivity index (χ2v) is 8.98. The van der Waals surface area contributed by atoms with Crippen LogP contribution in [0.1, 0.15) is 62.5 Å². The smallest absolute Gasteiger partial charge is 0.407 e. The Hall–Kier alpha value is -3.35. The van der Waals surface area contributed by atoms with E-state index in [1.807, 2.05) is 36.4 Å². The van der Waals surface area contributed by atoms with Crippen LogP contribution in [-0.4, -0.2) is 41.3 Å². The molecule has 33 heavy (non-hydrogen) atoms. The van der Waals surface area contributed by atoms with Gasteiger partial charge in [0.25, 0.3) is 0 Å². The second kappa shape index (κ2) is 9.65. The van der Waals surface area contributed by atoms with Crippen LogP contribution >= 0.6 is 0 Å². The van der Waals surface area contributed by atoms with Crippen LogP contribution in [0.5, 0.6) is 0 Å². The number of carboxylic acid groups (broad SMARTS) is 1. The van der Waals surface area contributed by atoms with Gasteiger partial charge in [-0.05, 0) is 41.5 Å². The van der Waals surface area contributed by atoms with Crippen molar-refractivity contribution < 1.29 is 24.2 Å². The summed E-state index contributed by atoms with van der Waals surface area (Å²) >= 11 is 0. The lowest BCUT2D eigenvalue weighted by Crippen LogP contribution is -2.55. The zero-order valence-corrected chi connectivity index (χ0v) is 18.8. The van der Waals surface area contributed by atoms with E-state index in [-0.39, 0.29) is 24.9 Å². The van der Waals surface area contributed by atoms with Crippen LogP contribution in [0.25, 0.3) is 11.1 Å². The van der Waals surface area contributed by atoms with E-state index < -0.39 is 23.6 Å². The van der Waals surface area contributed by atoms with Crippen LogP contribution in [0.3, 0.4) is 0 Å². The number of fused-ring (bicyclic) bond motifs is 3. The largest absolute Gasteiger partial charge is 0.481 e. The molecule has 2 aliphatic carbocycles. The molecule has 0 heterocycles. The first kappa shape index (κ1) is 22.8. The zero-order chi connectivity index (χ0) is 23.4. The molecule has 2 aromatic carbocycles. The van der Waals surface area contributed by atoms with Crippen LogP contribution in [0.2, 0.25) is 0 Å². The first-order valence-corrected chi connectivity index (χ1v) is 11.6. The number of alkyl carbamates (subject to hydrolysis) is 1. The first-order chi connectivity index (χ1) is 15.9. The molecule has 7 heteroatoms. The van der Waals surface area contributed by atoms with E-state index in [4.69, 9.17) is 4.74 Å². The summed E-state index contributed by atoms with van der Waals surface area (Å²) in [4.78, 5) is 36.8. The summed E-state index contributed by atoms with van der Waals surface area (Å²) in [5, 5.41) is 14.8. The van der Waals surface area contributed by atoms with E-state index in [1.54, 1.807) is 6.92 Å². The molecule has 0 radical (unpaired) electrons. The molecule has 0 saturated heterocycles. The number of carbonyl (C=O) groups is 3. The van der Waals surface area contributed by atoms with Gasteiger partial charge in [0, 0.05) is 5.92 Å². The summed E-state index contributed by atoms with van der Waals surface area (Å²) < 4.78 is 5.56. The van der Waals surface area contributed by atoms with Gasteiger partial charge in [0.2, 0.25) is 5.91 Å². The molecule has 2 aliphatic rings. The van der Waals surface area contributed by atoms with Crippen LogP contribution in [0, 0.1) is 0 Å². The van der Waals surface area contributed by atoms with Gasteiger partial charge in [-0.3, -0.25) is 9.59 Å². The molecule has 0 aliphatic heterocycles. The summed E-state index contributed by atoms with van der Waals surface area (Å²) in [5.41, 5.74) is 3.79. The van der Waals surface area contributed by atoms with E-state index in [0.29, 0.717) is 19.3 Å². The molecule has 0 bridgehead atoms. The van der Waals surface area contributed by atoms with Crippen LogP contribution in [0.4, 0.5) is 4.79 Å². The van der Waals surface area contributed by atoms with Crippen molar-refractivity contribution in [1.29, 1.82) is 0 Å². The number of benzene rings is 2. The van der Waals surface area contributed by atoms with E-state index >= 15 is 0 Å². The number of hydrogen-bond donors (Lipinski definition) is 3. The Balaban J connectivity index is 1.38. The van der Waals surface area contributed by atoms with E-state index in [2.05, 4.69) is 22.8 Å². The molecule has 1 unspecified atom stereocenters. The highest BCUT2D eigenvalue weighted by atomic mass is 16.5. The summed E-state index contributed by atoms with van der Waals surface area (Å²) in [6.45, 7) is 1.97. The Kier molecular flexibility index (Phi) is 6.67. The Bertz CT molecular complexity index is 999. The summed E-state index contributed by atoms with van der Waals surface area (Å²) in [7, 11) is 0. The standard InChI is InChI=1S/C26H30N2O5/c1-2-22(24(31)28-26(15-23(29)30)13-7-8-14-26)27-25(32)33-16-21-19-11-5-3-9-17(19)18-10-4-6-12-20(18)21/h3-6,9-12,21-22H,2,7-8,13-16H2,1H3,(H,27,32)(H,28,31)(H,29,30). The highest BCUT2D eigenvalue weighted by Crippen LogP contribution is 2.44. The average Bonchev–Trinajstić information content (AvgIpc) is 3.38. The number of carbonyl (C=O) groups excluding carboxylic acids is 2. The van der Waals surface area contributed by atoms with E-state index in [9.17, 15) is 19.5 Å². The third kappa shape index (κ3) is 4.87. The average molecular weight is 451 g/mol. The number of rotatable bonds is 8. The van der Waals surface area contributed by atoms with Gasteiger partial charge in [0.1, 0.15) is 12.6 Å². The van der Waals surface area contributed by atoms with Crippen molar-refractivity contribution in [2.75, 3.05) is 6.61 Å². The number of hydrogen-bond acceptors (Lipinski definition) is 4. The SMILES string of the molecule is CCC(NC(=O)OCC1c2ccccc2-c2ccccc21)C(=O)NC1(CC(=O)O)CCCC1. The number of nitrogens with one attached hydrogen (secondary N) is 2. The Morgan fingerprint density at radius 2 is 1.61 bits per heavy atom. The van der Waals surface area contributed by atoms with Crippen molar-refractivity contribution in [3.63, 3.8) is 0 Å². The first-order valence-electron chi connectivity index (χ1n) is 11.6. The van der Waals surface area contributed by atoms with Crippen LogP contribution in [-0.2, 0) is 14.3 Å².